The topological polar surface area (TPSA) is 53.5 Å². The molecule has 3 atom stereocenters. The quantitative estimate of drug-likeness (QED) is 0.815. The monoisotopic (exact) mass is 267 g/mol. The number of aliphatic imine (C=N–C) groups is 1. The Morgan fingerprint density at radius 3 is 3.00 bits per heavy atom. The van der Waals surface area contributed by atoms with Gasteiger partial charge < -0.3 is 10.6 Å². The highest BCUT2D eigenvalue weighted by atomic mass is 32.2. The van der Waals surface area contributed by atoms with Crippen LogP contribution in [0.1, 0.15) is 39.0 Å². The summed E-state index contributed by atoms with van der Waals surface area (Å²) < 4.78 is 0. The van der Waals surface area contributed by atoms with Crippen LogP contribution in [-0.4, -0.2) is 35.0 Å². The van der Waals surface area contributed by atoms with Crippen LogP contribution in [-0.2, 0) is 4.79 Å². The molecule has 2 aliphatic carbocycles. The fourth-order valence-electron chi connectivity index (χ4n) is 2.64. The van der Waals surface area contributed by atoms with E-state index in [9.17, 15) is 4.79 Å². The molecule has 3 unspecified atom stereocenters. The zero-order valence-corrected chi connectivity index (χ0v) is 11.6. The molecular weight excluding hydrogens is 246 g/mol. The van der Waals surface area contributed by atoms with Gasteiger partial charge in [-0.15, -0.1) is 0 Å². The van der Waals surface area contributed by atoms with E-state index < -0.39 is 0 Å². The second-order valence-corrected chi connectivity index (χ2v) is 6.66. The standard InChI is InChI=1S/C13H21N3OS/c1-8(12(17)15-10-5-6-10)14-13-16-11-4-2-3-9(11)7-18-13/h8-11H,2-7H2,1H3,(H,14,16)(H,15,17). The van der Waals surface area contributed by atoms with E-state index in [0.717, 1.165) is 29.7 Å². The van der Waals surface area contributed by atoms with Crippen molar-refractivity contribution in [2.45, 2.75) is 57.2 Å². The molecule has 18 heavy (non-hydrogen) atoms. The van der Waals surface area contributed by atoms with Gasteiger partial charge in [0.25, 0.3) is 0 Å². The van der Waals surface area contributed by atoms with Gasteiger partial charge in [0, 0.05) is 11.8 Å². The Kier molecular flexibility index (Phi) is 3.50. The fraction of sp³-hybridized carbons (Fsp3) is 0.846. The van der Waals surface area contributed by atoms with Crippen molar-refractivity contribution in [1.29, 1.82) is 0 Å². The Bertz CT molecular complexity index is 367. The van der Waals surface area contributed by atoms with Crippen LogP contribution in [0.2, 0.25) is 0 Å². The normalized spacial score (nSPS) is 32.4. The largest absolute Gasteiger partial charge is 0.353 e. The zero-order valence-electron chi connectivity index (χ0n) is 10.8. The summed E-state index contributed by atoms with van der Waals surface area (Å²) in [6, 6.07) is 0.768. The highest BCUT2D eigenvalue weighted by Gasteiger charge is 2.32. The van der Waals surface area contributed by atoms with E-state index in [4.69, 9.17) is 4.99 Å². The van der Waals surface area contributed by atoms with Crippen LogP contribution in [0.25, 0.3) is 0 Å². The van der Waals surface area contributed by atoms with E-state index in [-0.39, 0.29) is 11.9 Å². The van der Waals surface area contributed by atoms with E-state index in [1.54, 1.807) is 11.8 Å². The number of carbonyl (C=O) groups is 1. The molecule has 1 aliphatic heterocycles. The van der Waals surface area contributed by atoms with Crippen molar-refractivity contribution >= 4 is 22.8 Å². The van der Waals surface area contributed by atoms with Gasteiger partial charge in [0.15, 0.2) is 5.17 Å². The summed E-state index contributed by atoms with van der Waals surface area (Å²) in [5.74, 6) is 2.04. The maximum absolute atomic E-state index is 11.9. The van der Waals surface area contributed by atoms with Crippen molar-refractivity contribution in [3.05, 3.63) is 0 Å². The Morgan fingerprint density at radius 2 is 2.22 bits per heavy atom. The van der Waals surface area contributed by atoms with Crippen LogP contribution in [0.15, 0.2) is 4.99 Å². The molecule has 0 radical (unpaired) electrons. The number of nitrogens with zero attached hydrogens (tertiary/aromatic N) is 1. The van der Waals surface area contributed by atoms with Crippen LogP contribution in [0.4, 0.5) is 0 Å². The predicted molar refractivity (Wildman–Crippen MR) is 74.8 cm³/mol. The molecule has 4 nitrogen and oxygen atoms in total. The number of rotatable bonds is 3. The first-order chi connectivity index (χ1) is 8.72. The highest BCUT2D eigenvalue weighted by Crippen LogP contribution is 2.35. The van der Waals surface area contributed by atoms with Gasteiger partial charge in [-0.05, 0) is 38.5 Å². The maximum Gasteiger partial charge on any atom is 0.242 e. The van der Waals surface area contributed by atoms with E-state index in [1.165, 1.54) is 19.3 Å². The summed E-state index contributed by atoms with van der Waals surface area (Å²) in [7, 11) is 0. The van der Waals surface area contributed by atoms with Gasteiger partial charge in [-0.1, -0.05) is 18.2 Å². The Balaban J connectivity index is 1.53. The van der Waals surface area contributed by atoms with Gasteiger partial charge in [-0.25, -0.2) is 0 Å². The molecule has 0 aromatic rings. The van der Waals surface area contributed by atoms with Gasteiger partial charge in [0.1, 0.15) is 6.04 Å². The van der Waals surface area contributed by atoms with Gasteiger partial charge in [-0.2, -0.15) is 0 Å². The van der Waals surface area contributed by atoms with Crippen LogP contribution in [0.3, 0.4) is 0 Å². The number of nitrogens with one attached hydrogen (secondary N) is 2. The van der Waals surface area contributed by atoms with E-state index >= 15 is 0 Å². The number of amides is 1. The molecule has 0 aromatic carbocycles. The van der Waals surface area contributed by atoms with Gasteiger partial charge in [0.2, 0.25) is 5.91 Å². The third-order valence-electron chi connectivity index (χ3n) is 3.99. The number of hydrogen-bond acceptors (Lipinski definition) is 4. The molecule has 100 valence electrons. The number of hydrogen-bond donors (Lipinski definition) is 2. The highest BCUT2D eigenvalue weighted by molar-refractivity contribution is 8.13. The number of amidine groups is 1. The second kappa shape index (κ2) is 5.11. The summed E-state index contributed by atoms with van der Waals surface area (Å²) >= 11 is 1.78. The number of carbonyl (C=O) groups excluding carboxylic acids is 1. The number of fused-ring (bicyclic) bond motifs is 1. The molecule has 2 fully saturated rings. The molecule has 5 heteroatoms. The molecule has 2 saturated carbocycles. The molecule has 0 saturated heterocycles. The van der Waals surface area contributed by atoms with Gasteiger partial charge in [-0.3, -0.25) is 9.79 Å². The zero-order chi connectivity index (χ0) is 12.5. The second-order valence-electron chi connectivity index (χ2n) is 5.65. The Morgan fingerprint density at radius 1 is 1.39 bits per heavy atom. The SMILES string of the molecule is CC(NC1=NC2CCCC2CS1)C(=O)NC1CC1. The minimum Gasteiger partial charge on any atom is -0.353 e. The van der Waals surface area contributed by atoms with Crippen molar-refractivity contribution < 1.29 is 4.79 Å². The lowest BCUT2D eigenvalue weighted by molar-refractivity contribution is -0.122. The summed E-state index contributed by atoms with van der Waals surface area (Å²) in [5, 5.41) is 7.26. The first kappa shape index (κ1) is 12.3. The summed E-state index contributed by atoms with van der Waals surface area (Å²) in [5.41, 5.74) is 0. The van der Waals surface area contributed by atoms with Gasteiger partial charge in [0.05, 0.1) is 6.04 Å². The van der Waals surface area contributed by atoms with E-state index in [1.807, 2.05) is 6.92 Å². The molecule has 0 aromatic heterocycles. The lowest BCUT2D eigenvalue weighted by Gasteiger charge is -2.25. The molecular formula is C13H21N3OS. The molecule has 2 N–H and O–H groups in total. The summed E-state index contributed by atoms with van der Waals surface area (Å²) in [6.07, 6.45) is 6.13. The minimum absolute atomic E-state index is 0.106. The van der Waals surface area contributed by atoms with Crippen LogP contribution in [0, 0.1) is 5.92 Å². The average Bonchev–Trinajstić information content (AvgIpc) is 3.05. The van der Waals surface area contributed by atoms with Crippen molar-refractivity contribution in [2.75, 3.05) is 5.75 Å². The first-order valence-corrected chi connectivity index (χ1v) is 7.98. The van der Waals surface area contributed by atoms with E-state index in [0.29, 0.717) is 12.1 Å². The molecule has 0 bridgehead atoms. The minimum atomic E-state index is -0.171. The fourth-order valence-corrected chi connectivity index (χ4v) is 3.87. The molecule has 3 aliphatic rings. The third-order valence-corrected chi connectivity index (χ3v) is 5.08. The average molecular weight is 267 g/mol. The van der Waals surface area contributed by atoms with Crippen LogP contribution in [0.5, 0.6) is 0 Å². The Hall–Kier alpha value is -0.710. The lowest BCUT2D eigenvalue weighted by Crippen LogP contribution is -2.46. The van der Waals surface area contributed by atoms with Crippen molar-refractivity contribution in [1.82, 2.24) is 10.6 Å². The van der Waals surface area contributed by atoms with Gasteiger partial charge >= 0.3 is 0 Å². The lowest BCUT2D eigenvalue weighted by atomic mass is 10.1. The summed E-state index contributed by atoms with van der Waals surface area (Å²) in [6.45, 7) is 1.92. The Labute approximate surface area is 112 Å². The molecule has 1 heterocycles. The molecule has 0 spiro atoms. The van der Waals surface area contributed by atoms with Crippen LogP contribution < -0.4 is 10.6 Å². The summed E-state index contributed by atoms with van der Waals surface area (Å²) in [4.78, 5) is 16.6. The van der Waals surface area contributed by atoms with Crippen molar-refractivity contribution in [3.63, 3.8) is 0 Å². The first-order valence-electron chi connectivity index (χ1n) is 7.00. The smallest absolute Gasteiger partial charge is 0.242 e. The number of thioether (sulfide) groups is 1. The van der Waals surface area contributed by atoms with Crippen molar-refractivity contribution in [2.24, 2.45) is 10.9 Å². The van der Waals surface area contributed by atoms with Crippen LogP contribution >= 0.6 is 11.8 Å². The maximum atomic E-state index is 11.9. The molecule has 3 rings (SSSR count). The van der Waals surface area contributed by atoms with E-state index in [2.05, 4.69) is 10.6 Å². The third kappa shape index (κ3) is 2.82. The molecule has 1 amide bonds. The van der Waals surface area contributed by atoms with Crippen molar-refractivity contribution in [3.8, 4) is 0 Å². The predicted octanol–water partition coefficient (Wildman–Crippen LogP) is 1.51.